The molecule has 0 amide bonds. The molecule has 0 radical (unpaired) electrons. The van der Waals surface area contributed by atoms with E-state index in [0.29, 0.717) is 6.54 Å². The van der Waals surface area contributed by atoms with Crippen LogP contribution in [0.1, 0.15) is 6.92 Å². The van der Waals surface area contributed by atoms with Crippen molar-refractivity contribution in [3.05, 3.63) is 0 Å². The number of hydrogen-bond acceptors (Lipinski definition) is 3. The summed E-state index contributed by atoms with van der Waals surface area (Å²) < 4.78 is 5.13. The van der Waals surface area contributed by atoms with Crippen LogP contribution in [0.2, 0.25) is 0 Å². The number of ketones is 1. The number of halogens is 1. The Morgan fingerprint density at radius 2 is 2.00 bits per heavy atom. The molecule has 4 heteroatoms. The van der Waals surface area contributed by atoms with E-state index in [1.807, 2.05) is 0 Å². The topological polar surface area (TPSA) is 29.5 Å². The first kappa shape index (κ1) is 10.9. The van der Waals surface area contributed by atoms with Crippen LogP contribution < -0.4 is 0 Å². The van der Waals surface area contributed by atoms with Crippen molar-refractivity contribution in [1.82, 2.24) is 4.90 Å². The molecule has 11 heavy (non-hydrogen) atoms. The summed E-state index contributed by atoms with van der Waals surface area (Å²) in [4.78, 5) is 12.7. The molecule has 0 aromatic rings. The lowest BCUT2D eigenvalue weighted by molar-refractivity contribution is -0.119. The molecule has 0 spiro atoms. The van der Waals surface area contributed by atoms with Crippen molar-refractivity contribution in [3.63, 3.8) is 0 Å². The normalized spacial score (nSPS) is 19.0. The zero-order chi connectivity index (χ0) is 7.40. The lowest BCUT2D eigenvalue weighted by Gasteiger charge is -2.25. The molecule has 0 N–H and O–H groups in total. The number of ether oxygens (including phenoxy) is 1. The first-order valence-electron chi connectivity index (χ1n) is 3.58. The zero-order valence-electron chi connectivity index (χ0n) is 6.71. The number of hydrogen-bond donors (Lipinski definition) is 0. The highest BCUT2D eigenvalue weighted by molar-refractivity contribution is 5.85. The summed E-state index contributed by atoms with van der Waals surface area (Å²) >= 11 is 0. The Labute approximate surface area is 73.1 Å². The number of nitrogens with zero attached hydrogens (tertiary/aromatic N) is 1. The van der Waals surface area contributed by atoms with Gasteiger partial charge in [-0.15, -0.1) is 12.4 Å². The lowest BCUT2D eigenvalue weighted by atomic mass is 10.3. The second-order valence-corrected chi connectivity index (χ2v) is 2.59. The smallest absolute Gasteiger partial charge is 0.143 e. The van der Waals surface area contributed by atoms with Gasteiger partial charge in [-0.2, -0.15) is 0 Å². The molecule has 0 saturated carbocycles. The molecule has 0 unspecified atom stereocenters. The van der Waals surface area contributed by atoms with Gasteiger partial charge in [0.15, 0.2) is 0 Å². The van der Waals surface area contributed by atoms with Crippen LogP contribution >= 0.6 is 12.4 Å². The van der Waals surface area contributed by atoms with Gasteiger partial charge in [0.2, 0.25) is 0 Å². The van der Waals surface area contributed by atoms with E-state index in [0.717, 1.165) is 26.3 Å². The summed E-state index contributed by atoms with van der Waals surface area (Å²) in [5.41, 5.74) is 0. The van der Waals surface area contributed by atoms with Gasteiger partial charge in [-0.3, -0.25) is 9.69 Å². The Hall–Kier alpha value is -0.120. The third-order valence-corrected chi connectivity index (χ3v) is 1.55. The van der Waals surface area contributed by atoms with Gasteiger partial charge in [0.05, 0.1) is 19.8 Å². The van der Waals surface area contributed by atoms with E-state index in [-0.39, 0.29) is 18.2 Å². The Balaban J connectivity index is 0.000001000. The summed E-state index contributed by atoms with van der Waals surface area (Å²) in [6.45, 7) is 5.55. The molecule has 1 heterocycles. The molecular weight excluding hydrogens is 166 g/mol. The second kappa shape index (κ2) is 5.52. The summed E-state index contributed by atoms with van der Waals surface area (Å²) in [5.74, 6) is 0.238. The van der Waals surface area contributed by atoms with Crippen molar-refractivity contribution in [2.45, 2.75) is 6.92 Å². The van der Waals surface area contributed by atoms with Gasteiger partial charge in [0.1, 0.15) is 5.78 Å². The third kappa shape index (κ3) is 4.35. The molecule has 1 aliphatic heterocycles. The van der Waals surface area contributed by atoms with Crippen molar-refractivity contribution in [2.24, 2.45) is 0 Å². The molecule has 0 bridgehead atoms. The van der Waals surface area contributed by atoms with Crippen molar-refractivity contribution in [2.75, 3.05) is 32.8 Å². The minimum Gasteiger partial charge on any atom is -0.379 e. The fourth-order valence-corrected chi connectivity index (χ4v) is 1.07. The highest BCUT2D eigenvalue weighted by Crippen LogP contribution is 1.95. The second-order valence-electron chi connectivity index (χ2n) is 2.59. The number of carbonyl (C=O) groups is 1. The van der Waals surface area contributed by atoms with Gasteiger partial charge in [-0.05, 0) is 6.92 Å². The average Bonchev–Trinajstić information content (AvgIpc) is 1.88. The molecule has 1 fully saturated rings. The Morgan fingerprint density at radius 1 is 1.45 bits per heavy atom. The van der Waals surface area contributed by atoms with Crippen LogP contribution in [0, 0.1) is 0 Å². The number of rotatable bonds is 2. The van der Waals surface area contributed by atoms with Crippen LogP contribution in [-0.2, 0) is 9.53 Å². The largest absolute Gasteiger partial charge is 0.379 e. The maximum atomic E-state index is 10.6. The number of Topliss-reactive ketones (excluding diaryl/α,β-unsaturated/α-hetero) is 1. The molecule has 1 saturated heterocycles. The minimum absolute atomic E-state index is 0. The molecule has 0 aromatic heterocycles. The van der Waals surface area contributed by atoms with Crippen molar-refractivity contribution < 1.29 is 9.53 Å². The molecule has 1 aliphatic rings. The SMILES string of the molecule is CC(=O)CN1CCOCC1.Cl. The van der Waals surface area contributed by atoms with Crippen LogP contribution in [0.3, 0.4) is 0 Å². The fraction of sp³-hybridized carbons (Fsp3) is 0.857. The predicted molar refractivity (Wildman–Crippen MR) is 45.2 cm³/mol. The van der Waals surface area contributed by atoms with E-state index in [1.165, 1.54) is 0 Å². The van der Waals surface area contributed by atoms with Gasteiger partial charge in [-0.25, -0.2) is 0 Å². The monoisotopic (exact) mass is 179 g/mol. The van der Waals surface area contributed by atoms with Gasteiger partial charge in [0, 0.05) is 13.1 Å². The molecule has 3 nitrogen and oxygen atoms in total. The maximum absolute atomic E-state index is 10.6. The van der Waals surface area contributed by atoms with E-state index < -0.39 is 0 Å². The van der Waals surface area contributed by atoms with Crippen LogP contribution in [0.15, 0.2) is 0 Å². The van der Waals surface area contributed by atoms with E-state index in [2.05, 4.69) is 4.90 Å². The fourth-order valence-electron chi connectivity index (χ4n) is 1.07. The standard InChI is InChI=1S/C7H13NO2.ClH/c1-7(9)6-8-2-4-10-5-3-8;/h2-6H2,1H3;1H. The molecule has 0 aliphatic carbocycles. The third-order valence-electron chi connectivity index (χ3n) is 1.55. The van der Waals surface area contributed by atoms with Crippen molar-refractivity contribution in [1.29, 1.82) is 0 Å². The minimum atomic E-state index is 0. The summed E-state index contributed by atoms with van der Waals surface area (Å²) in [6.07, 6.45) is 0. The number of morpholine rings is 1. The van der Waals surface area contributed by atoms with E-state index >= 15 is 0 Å². The van der Waals surface area contributed by atoms with Crippen molar-refractivity contribution >= 4 is 18.2 Å². The Morgan fingerprint density at radius 3 is 2.45 bits per heavy atom. The molecule has 0 aromatic carbocycles. The first-order chi connectivity index (χ1) is 4.79. The summed E-state index contributed by atoms with van der Waals surface area (Å²) in [5, 5.41) is 0. The highest BCUT2D eigenvalue weighted by atomic mass is 35.5. The van der Waals surface area contributed by atoms with Crippen LogP contribution in [0.5, 0.6) is 0 Å². The van der Waals surface area contributed by atoms with Gasteiger partial charge in [0.25, 0.3) is 0 Å². The maximum Gasteiger partial charge on any atom is 0.143 e. The van der Waals surface area contributed by atoms with E-state index in [4.69, 9.17) is 4.74 Å². The van der Waals surface area contributed by atoms with Crippen LogP contribution in [0.4, 0.5) is 0 Å². The first-order valence-corrected chi connectivity index (χ1v) is 3.58. The van der Waals surface area contributed by atoms with Gasteiger partial charge >= 0.3 is 0 Å². The molecule has 1 rings (SSSR count). The highest BCUT2D eigenvalue weighted by Gasteiger charge is 2.10. The van der Waals surface area contributed by atoms with E-state index in [1.54, 1.807) is 6.92 Å². The average molecular weight is 180 g/mol. The predicted octanol–water partition coefficient (Wildman–Crippen LogP) is 0.329. The molecule has 0 atom stereocenters. The van der Waals surface area contributed by atoms with Crippen molar-refractivity contribution in [3.8, 4) is 0 Å². The van der Waals surface area contributed by atoms with E-state index in [9.17, 15) is 4.79 Å². The lowest BCUT2D eigenvalue weighted by Crippen LogP contribution is -2.38. The van der Waals surface area contributed by atoms with Crippen LogP contribution in [-0.4, -0.2) is 43.5 Å². The van der Waals surface area contributed by atoms with Crippen LogP contribution in [0.25, 0.3) is 0 Å². The summed E-state index contributed by atoms with van der Waals surface area (Å²) in [7, 11) is 0. The van der Waals surface area contributed by atoms with Gasteiger partial charge < -0.3 is 4.74 Å². The Kier molecular flexibility index (Phi) is 5.46. The Bertz CT molecular complexity index is 124. The quantitative estimate of drug-likeness (QED) is 0.612. The molecule has 66 valence electrons. The zero-order valence-corrected chi connectivity index (χ0v) is 7.52. The molecular formula is C7H14ClNO2. The number of carbonyl (C=O) groups excluding carboxylic acids is 1. The van der Waals surface area contributed by atoms with Gasteiger partial charge in [-0.1, -0.05) is 0 Å². The summed E-state index contributed by atoms with van der Waals surface area (Å²) in [6, 6.07) is 0.